The largest absolute Gasteiger partial charge is 0.508 e. The van der Waals surface area contributed by atoms with Crippen molar-refractivity contribution in [3.8, 4) is 28.7 Å². The van der Waals surface area contributed by atoms with Crippen molar-refractivity contribution in [2.45, 2.75) is 0 Å². The molecule has 0 atom stereocenters. The standard InChI is InChI=1S/C13H8FN3O2/c14-10-7-8(18)4-5-9(10)13-16-12(17-19-13)11-3-1-2-6-15-11/h1-7,18H. The highest BCUT2D eigenvalue weighted by atomic mass is 19.1. The van der Waals surface area contributed by atoms with Crippen molar-refractivity contribution in [3.05, 3.63) is 48.4 Å². The van der Waals surface area contributed by atoms with Crippen LogP contribution in [0.25, 0.3) is 23.0 Å². The fraction of sp³-hybridized carbons (Fsp3) is 0. The zero-order valence-electron chi connectivity index (χ0n) is 9.62. The van der Waals surface area contributed by atoms with Crippen molar-refractivity contribution in [1.82, 2.24) is 15.1 Å². The maximum absolute atomic E-state index is 13.6. The number of hydrogen-bond donors (Lipinski definition) is 1. The topological polar surface area (TPSA) is 72.0 Å². The van der Waals surface area contributed by atoms with Crippen LogP contribution in [0.2, 0.25) is 0 Å². The lowest BCUT2D eigenvalue weighted by atomic mass is 10.2. The molecule has 0 aliphatic carbocycles. The SMILES string of the molecule is Oc1ccc(-c2nc(-c3ccccn3)no2)c(F)c1. The molecule has 1 aromatic carbocycles. The number of aromatic nitrogens is 3. The molecule has 0 saturated heterocycles. The summed E-state index contributed by atoms with van der Waals surface area (Å²) in [4.78, 5) is 8.15. The molecule has 94 valence electrons. The quantitative estimate of drug-likeness (QED) is 0.764. The van der Waals surface area contributed by atoms with Gasteiger partial charge < -0.3 is 9.63 Å². The highest BCUT2D eigenvalue weighted by molar-refractivity contribution is 5.58. The lowest BCUT2D eigenvalue weighted by molar-refractivity contribution is 0.428. The number of halogens is 1. The second kappa shape index (κ2) is 4.49. The van der Waals surface area contributed by atoms with Gasteiger partial charge in [-0.25, -0.2) is 4.39 Å². The summed E-state index contributed by atoms with van der Waals surface area (Å²) in [5, 5.41) is 12.9. The lowest BCUT2D eigenvalue weighted by Gasteiger charge is -1.97. The summed E-state index contributed by atoms with van der Waals surface area (Å²) in [6.07, 6.45) is 1.60. The van der Waals surface area contributed by atoms with Gasteiger partial charge in [0.2, 0.25) is 5.82 Å². The summed E-state index contributed by atoms with van der Waals surface area (Å²) in [6.45, 7) is 0. The van der Waals surface area contributed by atoms with Crippen LogP contribution in [0.3, 0.4) is 0 Å². The van der Waals surface area contributed by atoms with Gasteiger partial charge in [0.25, 0.3) is 5.89 Å². The van der Waals surface area contributed by atoms with Crippen LogP contribution in [-0.4, -0.2) is 20.2 Å². The van der Waals surface area contributed by atoms with Gasteiger partial charge in [-0.3, -0.25) is 4.98 Å². The Bertz CT molecular complexity index is 713. The number of phenolic OH excluding ortho intramolecular Hbond substituents is 1. The number of phenols is 1. The van der Waals surface area contributed by atoms with Crippen molar-refractivity contribution in [1.29, 1.82) is 0 Å². The molecule has 0 bridgehead atoms. The molecular weight excluding hydrogens is 249 g/mol. The normalized spacial score (nSPS) is 10.6. The summed E-state index contributed by atoms with van der Waals surface area (Å²) < 4.78 is 18.6. The van der Waals surface area contributed by atoms with E-state index in [9.17, 15) is 4.39 Å². The molecule has 1 N–H and O–H groups in total. The van der Waals surface area contributed by atoms with Crippen LogP contribution in [0.4, 0.5) is 4.39 Å². The maximum atomic E-state index is 13.6. The minimum absolute atomic E-state index is 0.0400. The fourth-order valence-electron chi connectivity index (χ4n) is 1.61. The number of pyridine rings is 1. The van der Waals surface area contributed by atoms with E-state index >= 15 is 0 Å². The summed E-state index contributed by atoms with van der Waals surface area (Å²) in [6, 6.07) is 8.99. The predicted molar refractivity (Wildman–Crippen MR) is 64.6 cm³/mol. The summed E-state index contributed by atoms with van der Waals surface area (Å²) in [5.74, 6) is -0.469. The van der Waals surface area contributed by atoms with E-state index in [-0.39, 0.29) is 23.0 Å². The van der Waals surface area contributed by atoms with E-state index in [1.165, 1.54) is 12.1 Å². The second-order valence-electron chi connectivity index (χ2n) is 3.80. The first-order valence-corrected chi connectivity index (χ1v) is 5.48. The first kappa shape index (κ1) is 11.3. The van der Waals surface area contributed by atoms with E-state index in [0.29, 0.717) is 5.69 Å². The Balaban J connectivity index is 2.02. The monoisotopic (exact) mass is 257 g/mol. The highest BCUT2D eigenvalue weighted by Gasteiger charge is 2.15. The van der Waals surface area contributed by atoms with Gasteiger partial charge in [-0.1, -0.05) is 11.2 Å². The average molecular weight is 257 g/mol. The van der Waals surface area contributed by atoms with Gasteiger partial charge in [0.1, 0.15) is 17.3 Å². The highest BCUT2D eigenvalue weighted by Crippen LogP contribution is 2.25. The Morgan fingerprint density at radius 1 is 1.16 bits per heavy atom. The number of aromatic hydroxyl groups is 1. The Hall–Kier alpha value is -2.76. The van der Waals surface area contributed by atoms with Crippen LogP contribution >= 0.6 is 0 Å². The molecule has 0 spiro atoms. The zero-order valence-corrected chi connectivity index (χ0v) is 9.62. The van der Waals surface area contributed by atoms with Gasteiger partial charge in [-0.2, -0.15) is 4.98 Å². The van der Waals surface area contributed by atoms with Gasteiger partial charge in [0.05, 0.1) is 5.56 Å². The van der Waals surface area contributed by atoms with E-state index in [0.717, 1.165) is 6.07 Å². The maximum Gasteiger partial charge on any atom is 0.261 e. The van der Waals surface area contributed by atoms with E-state index in [2.05, 4.69) is 15.1 Å². The molecule has 0 radical (unpaired) electrons. The number of rotatable bonds is 2. The third-order valence-corrected chi connectivity index (χ3v) is 2.50. The van der Waals surface area contributed by atoms with E-state index < -0.39 is 5.82 Å². The zero-order chi connectivity index (χ0) is 13.2. The Labute approximate surface area is 107 Å². The Kier molecular flexibility index (Phi) is 2.68. The van der Waals surface area contributed by atoms with E-state index in [4.69, 9.17) is 9.63 Å². The third-order valence-electron chi connectivity index (χ3n) is 2.50. The first-order chi connectivity index (χ1) is 9.24. The van der Waals surface area contributed by atoms with Crippen LogP contribution < -0.4 is 0 Å². The van der Waals surface area contributed by atoms with Crippen molar-refractivity contribution in [3.63, 3.8) is 0 Å². The molecule has 0 aliphatic rings. The van der Waals surface area contributed by atoms with E-state index in [1.54, 1.807) is 24.4 Å². The van der Waals surface area contributed by atoms with Gasteiger partial charge in [0, 0.05) is 12.3 Å². The third kappa shape index (κ3) is 2.15. The smallest absolute Gasteiger partial charge is 0.261 e. The Morgan fingerprint density at radius 3 is 2.79 bits per heavy atom. The van der Waals surface area contributed by atoms with Crippen LogP contribution in [0, 0.1) is 5.82 Å². The Morgan fingerprint density at radius 2 is 2.05 bits per heavy atom. The molecule has 0 amide bonds. The minimum atomic E-state index is -0.628. The van der Waals surface area contributed by atoms with Crippen molar-refractivity contribution in [2.75, 3.05) is 0 Å². The van der Waals surface area contributed by atoms with Gasteiger partial charge >= 0.3 is 0 Å². The lowest BCUT2D eigenvalue weighted by Crippen LogP contribution is -1.86. The summed E-state index contributed by atoms with van der Waals surface area (Å²) in [5.41, 5.74) is 0.671. The number of nitrogens with zero attached hydrogens (tertiary/aromatic N) is 3. The summed E-state index contributed by atoms with van der Waals surface area (Å²) >= 11 is 0. The van der Waals surface area contributed by atoms with E-state index in [1.807, 2.05) is 0 Å². The molecular formula is C13H8FN3O2. The minimum Gasteiger partial charge on any atom is -0.508 e. The molecule has 2 heterocycles. The number of benzene rings is 1. The van der Waals surface area contributed by atoms with Crippen molar-refractivity contribution >= 4 is 0 Å². The molecule has 5 nitrogen and oxygen atoms in total. The molecule has 3 rings (SSSR count). The molecule has 6 heteroatoms. The van der Waals surface area contributed by atoms with Crippen LogP contribution in [0.15, 0.2) is 47.1 Å². The van der Waals surface area contributed by atoms with Crippen LogP contribution in [0.1, 0.15) is 0 Å². The molecule has 0 fully saturated rings. The summed E-state index contributed by atoms with van der Waals surface area (Å²) in [7, 11) is 0. The molecule has 0 saturated carbocycles. The average Bonchev–Trinajstić information content (AvgIpc) is 2.89. The molecule has 2 aromatic heterocycles. The second-order valence-corrected chi connectivity index (χ2v) is 3.80. The number of hydrogen-bond acceptors (Lipinski definition) is 5. The molecule has 3 aromatic rings. The van der Waals surface area contributed by atoms with Crippen molar-refractivity contribution < 1.29 is 14.0 Å². The predicted octanol–water partition coefficient (Wildman–Crippen LogP) is 2.64. The van der Waals surface area contributed by atoms with Crippen molar-refractivity contribution in [2.24, 2.45) is 0 Å². The van der Waals surface area contributed by atoms with Gasteiger partial charge in [-0.05, 0) is 24.3 Å². The van der Waals surface area contributed by atoms with Crippen LogP contribution in [-0.2, 0) is 0 Å². The first-order valence-electron chi connectivity index (χ1n) is 5.48. The molecule has 0 unspecified atom stereocenters. The van der Waals surface area contributed by atoms with Gasteiger partial charge in [-0.15, -0.1) is 0 Å². The fourth-order valence-corrected chi connectivity index (χ4v) is 1.61. The van der Waals surface area contributed by atoms with Crippen LogP contribution in [0.5, 0.6) is 5.75 Å². The molecule has 19 heavy (non-hydrogen) atoms. The van der Waals surface area contributed by atoms with Gasteiger partial charge in [0.15, 0.2) is 0 Å². The molecule has 0 aliphatic heterocycles.